The van der Waals surface area contributed by atoms with Crippen molar-refractivity contribution in [1.29, 1.82) is 0 Å². The van der Waals surface area contributed by atoms with Gasteiger partial charge in [-0.15, -0.1) is 0 Å². The highest BCUT2D eigenvalue weighted by molar-refractivity contribution is 5.80. The van der Waals surface area contributed by atoms with Gasteiger partial charge in [0, 0.05) is 13.2 Å². The van der Waals surface area contributed by atoms with Crippen LogP contribution >= 0.6 is 0 Å². The first-order valence-electron chi connectivity index (χ1n) is 5.98. The fourth-order valence-corrected chi connectivity index (χ4v) is 1.65. The molecule has 1 rings (SSSR count). The molecule has 0 saturated heterocycles. The molecule has 5 nitrogen and oxygen atoms in total. The van der Waals surface area contributed by atoms with Crippen LogP contribution < -0.4 is 5.32 Å². The van der Waals surface area contributed by atoms with E-state index in [0.717, 1.165) is 12.8 Å². The second kappa shape index (κ2) is 6.33. The smallest absolute Gasteiger partial charge is 0.328 e. The Morgan fingerprint density at radius 3 is 2.59 bits per heavy atom. The van der Waals surface area contributed by atoms with Crippen LogP contribution in [0.5, 0.6) is 0 Å². The van der Waals surface area contributed by atoms with E-state index in [1.54, 1.807) is 7.11 Å². The average Bonchev–Trinajstić information content (AvgIpc) is 3.09. The quantitative estimate of drug-likeness (QED) is 0.639. The number of carbonyl (C=O) groups excluding carboxylic acids is 1. The Labute approximate surface area is 103 Å². The number of rotatable bonds is 8. The molecular weight excluding hydrogens is 222 g/mol. The number of carbonyl (C=O) groups is 1. The van der Waals surface area contributed by atoms with Gasteiger partial charge in [-0.1, -0.05) is 0 Å². The second-order valence-electron chi connectivity index (χ2n) is 4.82. The number of nitrogens with one attached hydrogen (secondary N) is 1. The molecule has 1 fully saturated rings. The van der Waals surface area contributed by atoms with Crippen LogP contribution in [0.3, 0.4) is 0 Å². The Morgan fingerprint density at radius 2 is 2.12 bits per heavy atom. The van der Waals surface area contributed by atoms with Crippen LogP contribution in [0, 0.1) is 0 Å². The number of hydrogen-bond acceptors (Lipinski definition) is 5. The van der Waals surface area contributed by atoms with Crippen molar-refractivity contribution in [3.05, 3.63) is 0 Å². The van der Waals surface area contributed by atoms with E-state index in [-0.39, 0.29) is 12.1 Å². The van der Waals surface area contributed by atoms with Gasteiger partial charge in [0.1, 0.15) is 5.54 Å². The summed E-state index contributed by atoms with van der Waals surface area (Å²) in [4.78, 5) is 11.8. The van der Waals surface area contributed by atoms with Crippen molar-refractivity contribution in [3.63, 3.8) is 0 Å². The Kier molecular flexibility index (Phi) is 5.36. The Balaban J connectivity index is 2.47. The van der Waals surface area contributed by atoms with Gasteiger partial charge >= 0.3 is 5.97 Å². The largest absolute Gasteiger partial charge is 0.468 e. The van der Waals surface area contributed by atoms with Gasteiger partial charge in [0.2, 0.25) is 0 Å². The van der Waals surface area contributed by atoms with Crippen LogP contribution in [-0.2, 0) is 19.0 Å². The molecule has 1 saturated carbocycles. The first-order chi connectivity index (χ1) is 8.01. The Morgan fingerprint density at radius 1 is 1.47 bits per heavy atom. The highest BCUT2D eigenvalue weighted by Crippen LogP contribution is 2.23. The number of hydrogen-bond donors (Lipinski definition) is 1. The van der Waals surface area contributed by atoms with E-state index < -0.39 is 5.54 Å². The highest BCUT2D eigenvalue weighted by Gasteiger charge is 2.40. The molecule has 0 heterocycles. The van der Waals surface area contributed by atoms with Crippen molar-refractivity contribution in [1.82, 2.24) is 5.32 Å². The predicted octanol–water partition coefficient (Wildman–Crippen LogP) is 0.722. The Bertz CT molecular complexity index is 255. The van der Waals surface area contributed by atoms with Crippen LogP contribution in [0.25, 0.3) is 0 Å². The summed E-state index contributed by atoms with van der Waals surface area (Å²) in [5.41, 5.74) is -0.766. The topological polar surface area (TPSA) is 56.8 Å². The summed E-state index contributed by atoms with van der Waals surface area (Å²) in [6.07, 6.45) is 2.19. The van der Waals surface area contributed by atoms with Gasteiger partial charge in [-0.05, 0) is 26.7 Å². The molecule has 100 valence electrons. The number of methoxy groups -OCH3 is 2. The minimum atomic E-state index is -0.766. The van der Waals surface area contributed by atoms with Crippen molar-refractivity contribution in [2.75, 3.05) is 27.4 Å². The van der Waals surface area contributed by atoms with E-state index in [9.17, 15) is 4.79 Å². The lowest BCUT2D eigenvalue weighted by Crippen LogP contribution is -2.55. The second-order valence-corrected chi connectivity index (χ2v) is 4.82. The van der Waals surface area contributed by atoms with E-state index >= 15 is 0 Å². The fraction of sp³-hybridized carbons (Fsp3) is 0.917. The zero-order valence-corrected chi connectivity index (χ0v) is 11.1. The zero-order chi connectivity index (χ0) is 12.9. The molecule has 1 aliphatic carbocycles. The number of esters is 1. The van der Waals surface area contributed by atoms with Crippen LogP contribution in [0.4, 0.5) is 0 Å². The van der Waals surface area contributed by atoms with Gasteiger partial charge < -0.3 is 14.2 Å². The molecule has 0 aromatic heterocycles. The SMILES string of the molecule is COCC(C)OCC(C)(NC1CC1)C(=O)OC. The molecule has 1 aliphatic rings. The molecular formula is C12H23NO4. The van der Waals surface area contributed by atoms with Crippen LogP contribution in [0.1, 0.15) is 26.7 Å². The van der Waals surface area contributed by atoms with Crippen molar-refractivity contribution < 1.29 is 19.0 Å². The summed E-state index contributed by atoms with van der Waals surface area (Å²) in [7, 11) is 3.02. The summed E-state index contributed by atoms with van der Waals surface area (Å²) in [5.74, 6) is -0.283. The Hall–Kier alpha value is -0.650. The summed E-state index contributed by atoms with van der Waals surface area (Å²) >= 11 is 0. The van der Waals surface area contributed by atoms with Crippen LogP contribution in [-0.4, -0.2) is 51.1 Å². The molecule has 0 bridgehead atoms. The lowest BCUT2D eigenvalue weighted by atomic mass is 10.0. The number of ether oxygens (including phenoxy) is 3. The van der Waals surface area contributed by atoms with Gasteiger partial charge in [-0.25, -0.2) is 4.79 Å². The van der Waals surface area contributed by atoms with E-state index in [0.29, 0.717) is 19.3 Å². The first kappa shape index (κ1) is 14.4. The molecule has 0 radical (unpaired) electrons. The average molecular weight is 245 g/mol. The third-order valence-electron chi connectivity index (χ3n) is 2.79. The van der Waals surface area contributed by atoms with Crippen molar-refractivity contribution in [2.24, 2.45) is 0 Å². The summed E-state index contributed by atoms with van der Waals surface area (Å²) in [6.45, 7) is 4.54. The highest BCUT2D eigenvalue weighted by atomic mass is 16.5. The van der Waals surface area contributed by atoms with Gasteiger partial charge in [-0.2, -0.15) is 0 Å². The molecule has 0 aromatic carbocycles. The summed E-state index contributed by atoms with van der Waals surface area (Å²) in [6, 6.07) is 0.417. The molecule has 0 aliphatic heterocycles. The van der Waals surface area contributed by atoms with E-state index in [4.69, 9.17) is 14.2 Å². The summed E-state index contributed by atoms with van der Waals surface area (Å²) < 4.78 is 15.4. The molecule has 2 unspecified atom stereocenters. The normalized spacial score (nSPS) is 20.7. The minimum Gasteiger partial charge on any atom is -0.468 e. The van der Waals surface area contributed by atoms with Crippen molar-refractivity contribution >= 4 is 5.97 Å². The first-order valence-corrected chi connectivity index (χ1v) is 5.98. The maximum atomic E-state index is 11.8. The van der Waals surface area contributed by atoms with E-state index in [1.807, 2.05) is 13.8 Å². The molecule has 5 heteroatoms. The van der Waals surface area contributed by atoms with Crippen LogP contribution in [0.2, 0.25) is 0 Å². The third-order valence-corrected chi connectivity index (χ3v) is 2.79. The molecule has 2 atom stereocenters. The minimum absolute atomic E-state index is 0.0371. The fourth-order valence-electron chi connectivity index (χ4n) is 1.65. The monoisotopic (exact) mass is 245 g/mol. The van der Waals surface area contributed by atoms with Gasteiger partial charge in [-0.3, -0.25) is 5.32 Å². The van der Waals surface area contributed by atoms with Crippen LogP contribution in [0.15, 0.2) is 0 Å². The summed E-state index contributed by atoms with van der Waals surface area (Å²) in [5, 5.41) is 3.28. The van der Waals surface area contributed by atoms with Gasteiger partial charge in [0.05, 0.1) is 26.4 Å². The molecule has 0 aromatic rings. The molecule has 1 N–H and O–H groups in total. The molecule has 0 amide bonds. The van der Waals surface area contributed by atoms with Gasteiger partial charge in [0.15, 0.2) is 0 Å². The van der Waals surface area contributed by atoms with E-state index in [2.05, 4.69) is 5.32 Å². The molecule has 17 heavy (non-hydrogen) atoms. The standard InChI is InChI=1S/C12H23NO4/c1-9(7-15-3)17-8-12(2,11(14)16-4)13-10-5-6-10/h9-10,13H,5-8H2,1-4H3. The van der Waals surface area contributed by atoms with Crippen molar-refractivity contribution in [2.45, 2.75) is 44.4 Å². The predicted molar refractivity (Wildman–Crippen MR) is 63.9 cm³/mol. The molecule has 0 spiro atoms. The lowest BCUT2D eigenvalue weighted by molar-refractivity contribution is -0.152. The maximum absolute atomic E-state index is 11.8. The third kappa shape index (κ3) is 4.61. The van der Waals surface area contributed by atoms with Gasteiger partial charge in [0.25, 0.3) is 0 Å². The zero-order valence-electron chi connectivity index (χ0n) is 11.1. The van der Waals surface area contributed by atoms with Crippen molar-refractivity contribution in [3.8, 4) is 0 Å². The lowest BCUT2D eigenvalue weighted by Gasteiger charge is -2.29. The van der Waals surface area contributed by atoms with E-state index in [1.165, 1.54) is 7.11 Å². The maximum Gasteiger partial charge on any atom is 0.328 e.